The molecule has 0 saturated carbocycles. The van der Waals surface area contributed by atoms with Crippen LogP contribution in [0.2, 0.25) is 0 Å². The van der Waals surface area contributed by atoms with Crippen molar-refractivity contribution in [1.82, 2.24) is 79.0 Å². The van der Waals surface area contributed by atoms with Crippen LogP contribution in [-0.4, -0.2) is 136 Å². The first-order valence-corrected chi connectivity index (χ1v) is 28.5. The molecule has 0 atom stereocenters. The van der Waals surface area contributed by atoms with Gasteiger partial charge in [0.2, 0.25) is 0 Å². The molecule has 24 nitrogen and oxygen atoms in total. The quantitative estimate of drug-likeness (QED) is 0.0872. The van der Waals surface area contributed by atoms with Crippen LogP contribution in [0, 0.1) is 48.5 Å². The van der Waals surface area contributed by atoms with E-state index in [1.54, 1.807) is 81.7 Å². The molecule has 0 spiro atoms. The van der Waals surface area contributed by atoms with E-state index < -0.39 is 0 Å². The fourth-order valence-electron chi connectivity index (χ4n) is 9.94. The maximum atomic E-state index is 5.51. The van der Waals surface area contributed by atoms with Crippen molar-refractivity contribution in [3.63, 3.8) is 0 Å². The molecule has 0 amide bonds. The van der Waals surface area contributed by atoms with Crippen LogP contribution in [0.4, 0.5) is 0 Å². The zero-order valence-electron chi connectivity index (χ0n) is 53.4. The number of nitrogens with zero attached hydrogens (tertiary/aromatic N) is 16. The lowest BCUT2D eigenvalue weighted by molar-refractivity contribution is 0.390. The van der Waals surface area contributed by atoms with Crippen LogP contribution in [0.1, 0.15) is 40.2 Å². The third-order valence-electron chi connectivity index (χ3n) is 14.1. The maximum Gasteiger partial charge on any atom is 0.187 e. The second-order valence-corrected chi connectivity index (χ2v) is 20.0. The lowest BCUT2D eigenvalue weighted by Crippen LogP contribution is -2.05. The average molecular weight is 1230 g/mol. The molecular weight excluding hydrogens is 1160 g/mol. The van der Waals surface area contributed by atoms with Crippen molar-refractivity contribution in [2.24, 2.45) is 0 Å². The number of rotatable bonds is 16. The van der Waals surface area contributed by atoms with Crippen LogP contribution >= 0.6 is 0 Å². The highest BCUT2D eigenvalue weighted by Gasteiger charge is 2.25. The van der Waals surface area contributed by atoms with Crippen molar-refractivity contribution in [3.8, 4) is 115 Å². The lowest BCUT2D eigenvalue weighted by Gasteiger charge is -2.16. The summed E-state index contributed by atoms with van der Waals surface area (Å²) in [5.74, 6) is 11.1. The minimum atomic E-state index is 0.647. The molecule has 8 heterocycles. The van der Waals surface area contributed by atoms with Gasteiger partial charge in [-0.05, 0) is 145 Å². The van der Waals surface area contributed by atoms with Crippen molar-refractivity contribution in [2.45, 2.75) is 48.5 Å². The number of aromatic nitrogens is 16. The summed E-state index contributed by atoms with van der Waals surface area (Å²) in [7, 11) is 13.0. The number of hydrogen-bond acceptors (Lipinski definition) is 20. The Kier molecular flexibility index (Phi) is 20.7. The number of pyridine rings is 4. The zero-order chi connectivity index (χ0) is 64.7. The SMILES string of the molecule is COc1cccc(OC)c1-n1c(C)nnc1-c1cccc(C)n1.COc1cccc(OC)c1-n1c(C)nnc1-c1cccc(C)n1.COc1cccc(OC)c1-n1c(C)nnc1-c1cccnc1.COc1cccc(OC)c1-n1c(C)nnc1-c1cncc(C)c1. The summed E-state index contributed by atoms with van der Waals surface area (Å²) in [6, 6.07) is 40.0. The van der Waals surface area contributed by atoms with E-state index in [1.165, 1.54) is 0 Å². The molecule has 4 aromatic carbocycles. The van der Waals surface area contributed by atoms with Gasteiger partial charge in [0.15, 0.2) is 23.3 Å². The average Bonchev–Trinajstić information content (AvgIpc) is 1.89. The van der Waals surface area contributed by atoms with E-state index in [0.29, 0.717) is 69.3 Å². The summed E-state index contributed by atoms with van der Waals surface area (Å²) in [6.07, 6.45) is 7.05. The molecule has 466 valence electrons. The van der Waals surface area contributed by atoms with Gasteiger partial charge in [0, 0.05) is 47.3 Å². The van der Waals surface area contributed by atoms with Crippen LogP contribution < -0.4 is 37.9 Å². The van der Waals surface area contributed by atoms with Gasteiger partial charge in [-0.25, -0.2) is 9.97 Å². The normalized spacial score (nSPS) is 10.6. The molecule has 0 aliphatic rings. The Morgan fingerprint density at radius 3 is 0.879 bits per heavy atom. The van der Waals surface area contributed by atoms with Crippen LogP contribution in [0.25, 0.3) is 68.6 Å². The standard InChI is InChI=1S/3C17H18N4O2.C16H16N4O2/c2*1-11-7-5-8-13(18-11)17-20-19-12(2)21(17)16-14(22-3)9-6-10-15(16)23-4;1-11-8-13(10-18-9-11)17-20-19-12(2)21(17)16-14(22-3)6-5-7-15(16)23-4;1-11-18-19-16(12-6-5-9-17-10-12)20(11)15-13(21-2)7-4-8-14(15)22-3/h3*5-10H,1-4H3;4-10H,1-3H3. The molecule has 24 heteroatoms. The highest BCUT2D eigenvalue weighted by atomic mass is 16.5. The Hall–Kier alpha value is -11.6. The predicted octanol–water partition coefficient (Wildman–Crippen LogP) is 11.5. The molecule has 8 aromatic heterocycles. The molecule has 0 aliphatic heterocycles. The topological polar surface area (TPSA) is 248 Å². The van der Waals surface area contributed by atoms with Gasteiger partial charge in [-0.1, -0.05) is 36.4 Å². The molecule has 12 rings (SSSR count). The Morgan fingerprint density at radius 1 is 0.286 bits per heavy atom. The fraction of sp³-hybridized carbons (Fsp3) is 0.224. The van der Waals surface area contributed by atoms with E-state index >= 15 is 0 Å². The fourth-order valence-corrected chi connectivity index (χ4v) is 9.94. The molecule has 0 unspecified atom stereocenters. The van der Waals surface area contributed by atoms with E-state index in [9.17, 15) is 0 Å². The number of aryl methyl sites for hydroxylation is 7. The highest BCUT2D eigenvalue weighted by Crippen LogP contribution is 2.40. The van der Waals surface area contributed by atoms with Gasteiger partial charge in [0.25, 0.3) is 0 Å². The van der Waals surface area contributed by atoms with Gasteiger partial charge < -0.3 is 37.9 Å². The van der Waals surface area contributed by atoms with E-state index in [2.05, 4.69) is 60.7 Å². The molecule has 0 fully saturated rings. The van der Waals surface area contributed by atoms with Crippen LogP contribution in [-0.2, 0) is 0 Å². The Morgan fingerprint density at radius 2 is 0.582 bits per heavy atom. The van der Waals surface area contributed by atoms with Crippen molar-refractivity contribution < 1.29 is 37.9 Å². The first-order chi connectivity index (χ1) is 44.2. The van der Waals surface area contributed by atoms with Crippen molar-refractivity contribution in [2.75, 3.05) is 56.9 Å². The summed E-state index contributed by atoms with van der Waals surface area (Å²) >= 11 is 0. The largest absolute Gasteiger partial charge is 0.494 e. The highest BCUT2D eigenvalue weighted by molar-refractivity contribution is 5.68. The molecule has 0 saturated heterocycles. The minimum absolute atomic E-state index is 0.647. The zero-order valence-corrected chi connectivity index (χ0v) is 53.4. The van der Waals surface area contributed by atoms with Crippen molar-refractivity contribution >= 4 is 0 Å². The molecular formula is C67H70N16O8. The number of benzene rings is 4. The summed E-state index contributed by atoms with van der Waals surface area (Å²) < 4.78 is 51.6. The predicted molar refractivity (Wildman–Crippen MR) is 344 cm³/mol. The monoisotopic (exact) mass is 1230 g/mol. The second-order valence-electron chi connectivity index (χ2n) is 20.0. The van der Waals surface area contributed by atoms with Crippen molar-refractivity contribution in [1.29, 1.82) is 0 Å². The Bertz CT molecular complexity index is 4000. The van der Waals surface area contributed by atoms with Gasteiger partial charge in [-0.2, -0.15) is 0 Å². The number of methoxy groups -OCH3 is 8. The number of para-hydroxylation sites is 4. The van der Waals surface area contributed by atoms with E-state index in [4.69, 9.17) is 37.9 Å². The Balaban J connectivity index is 0.000000144. The van der Waals surface area contributed by atoms with Crippen molar-refractivity contribution in [3.05, 3.63) is 192 Å². The molecule has 12 aromatic rings. The molecule has 91 heavy (non-hydrogen) atoms. The van der Waals surface area contributed by atoms with Crippen LogP contribution in [0.5, 0.6) is 46.0 Å². The maximum absolute atomic E-state index is 5.51. The van der Waals surface area contributed by atoms with E-state index in [0.717, 1.165) is 85.5 Å². The lowest BCUT2D eigenvalue weighted by atomic mass is 10.2. The third kappa shape index (κ3) is 13.8. The first kappa shape index (κ1) is 63.9. The summed E-state index contributed by atoms with van der Waals surface area (Å²) in [6.45, 7) is 13.4. The van der Waals surface area contributed by atoms with E-state index in [1.807, 2.05) is 194 Å². The number of hydrogen-bond donors (Lipinski definition) is 0. The van der Waals surface area contributed by atoms with Gasteiger partial charge in [0.05, 0.1) is 56.9 Å². The summed E-state index contributed by atoms with van der Waals surface area (Å²) in [4.78, 5) is 17.5. The molecule has 0 N–H and O–H groups in total. The molecule has 0 aliphatic carbocycles. The number of ether oxygens (including phenoxy) is 8. The van der Waals surface area contributed by atoms with Gasteiger partial charge in [-0.3, -0.25) is 28.2 Å². The van der Waals surface area contributed by atoms with Gasteiger partial charge in [-0.15, -0.1) is 40.8 Å². The Labute approximate surface area is 527 Å². The minimum Gasteiger partial charge on any atom is -0.494 e. The van der Waals surface area contributed by atoms with Crippen LogP contribution in [0.15, 0.2) is 152 Å². The van der Waals surface area contributed by atoms with Crippen LogP contribution in [0.3, 0.4) is 0 Å². The summed E-state index contributed by atoms with van der Waals surface area (Å²) in [5, 5.41) is 34.0. The van der Waals surface area contributed by atoms with Gasteiger partial charge >= 0.3 is 0 Å². The summed E-state index contributed by atoms with van der Waals surface area (Å²) in [5.41, 5.74) is 9.22. The second kappa shape index (κ2) is 29.4. The third-order valence-corrected chi connectivity index (χ3v) is 14.1. The molecule has 0 bridgehead atoms. The smallest absolute Gasteiger partial charge is 0.187 e. The van der Waals surface area contributed by atoms with Gasteiger partial charge in [0.1, 0.15) is 103 Å². The first-order valence-electron chi connectivity index (χ1n) is 28.5. The molecule has 0 radical (unpaired) electrons. The van der Waals surface area contributed by atoms with E-state index in [-0.39, 0.29) is 0 Å².